The van der Waals surface area contributed by atoms with Gasteiger partial charge in [0.15, 0.2) is 0 Å². The Morgan fingerprint density at radius 3 is 2.67 bits per heavy atom. The molecular formula is C13H17N3O4S. The highest BCUT2D eigenvalue weighted by molar-refractivity contribution is 7.85. The smallest absolute Gasteiger partial charge is 0.294 e. The van der Waals surface area contributed by atoms with Gasteiger partial charge in [0.2, 0.25) is 0 Å². The fourth-order valence-electron chi connectivity index (χ4n) is 2.01. The van der Waals surface area contributed by atoms with E-state index >= 15 is 0 Å². The lowest BCUT2D eigenvalue weighted by Crippen LogP contribution is -2.17. The van der Waals surface area contributed by atoms with Crippen LogP contribution >= 0.6 is 0 Å². The molecule has 0 bridgehead atoms. The summed E-state index contributed by atoms with van der Waals surface area (Å²) in [5.74, 6) is 0. The highest BCUT2D eigenvalue weighted by atomic mass is 32.2. The average Bonchev–Trinajstić information content (AvgIpc) is 3.05. The van der Waals surface area contributed by atoms with Gasteiger partial charge in [-0.3, -0.25) is 9.65 Å². The highest BCUT2D eigenvalue weighted by Crippen LogP contribution is 2.22. The van der Waals surface area contributed by atoms with Crippen molar-refractivity contribution in [3.8, 4) is 0 Å². The molecule has 1 aromatic carbocycles. The molecule has 0 saturated carbocycles. The van der Waals surface area contributed by atoms with Gasteiger partial charge in [0.05, 0.1) is 29.4 Å². The van der Waals surface area contributed by atoms with Crippen molar-refractivity contribution in [1.82, 2.24) is 15.5 Å². The second-order valence-electron chi connectivity index (χ2n) is 4.48. The molecule has 1 unspecified atom stereocenters. The number of nitrogens with one attached hydrogen (secondary N) is 2. The van der Waals surface area contributed by atoms with Crippen molar-refractivity contribution >= 4 is 10.1 Å². The number of methoxy groups -OCH3 is 1. The van der Waals surface area contributed by atoms with Crippen LogP contribution in [-0.4, -0.2) is 36.9 Å². The maximum Gasteiger partial charge on any atom is 0.294 e. The van der Waals surface area contributed by atoms with Crippen LogP contribution in [0.25, 0.3) is 0 Å². The number of benzene rings is 1. The first-order valence-electron chi connectivity index (χ1n) is 6.29. The molecule has 114 valence electrons. The van der Waals surface area contributed by atoms with E-state index in [0.717, 1.165) is 6.54 Å². The summed E-state index contributed by atoms with van der Waals surface area (Å²) in [7, 11) is -2.29. The number of aromatic nitrogens is 2. The molecule has 1 aliphatic rings. The van der Waals surface area contributed by atoms with Gasteiger partial charge in [-0.05, 0) is 12.1 Å². The van der Waals surface area contributed by atoms with Crippen LogP contribution in [-0.2, 0) is 21.4 Å². The molecule has 0 amide bonds. The molecule has 2 aromatic rings. The minimum absolute atomic E-state index is 0.0741. The van der Waals surface area contributed by atoms with Gasteiger partial charge in [-0.1, -0.05) is 18.2 Å². The lowest BCUT2D eigenvalue weighted by atomic mass is 10.2. The fourth-order valence-corrected chi connectivity index (χ4v) is 2.51. The van der Waals surface area contributed by atoms with Gasteiger partial charge in [0.25, 0.3) is 10.1 Å². The van der Waals surface area contributed by atoms with Crippen LogP contribution in [0.5, 0.6) is 0 Å². The normalized spacial score (nSPS) is 17.0. The lowest BCUT2D eigenvalue weighted by molar-refractivity contribution is 0.171. The Morgan fingerprint density at radius 1 is 1.38 bits per heavy atom. The molecule has 0 fully saturated rings. The second-order valence-corrected chi connectivity index (χ2v) is 5.90. The second kappa shape index (κ2) is 6.81. The van der Waals surface area contributed by atoms with Crippen LogP contribution in [0.3, 0.4) is 0 Å². The summed E-state index contributed by atoms with van der Waals surface area (Å²) in [4.78, 5) is -0.0741. The van der Waals surface area contributed by atoms with Gasteiger partial charge in [-0.15, -0.1) is 0 Å². The maximum atomic E-state index is 10.4. The summed E-state index contributed by atoms with van der Waals surface area (Å²) in [5, 5.41) is 10.2. The largest absolute Gasteiger partial charge is 0.383 e. The zero-order valence-corrected chi connectivity index (χ0v) is 12.3. The number of aromatic amines is 1. The number of hydrogen-bond donors (Lipinski definition) is 3. The summed E-state index contributed by atoms with van der Waals surface area (Å²) in [6, 6.07) is 7.75. The van der Waals surface area contributed by atoms with Crippen molar-refractivity contribution in [2.45, 2.75) is 17.5 Å². The summed E-state index contributed by atoms with van der Waals surface area (Å²) in [6.07, 6.45) is 1.86. The van der Waals surface area contributed by atoms with E-state index in [1.807, 2.05) is 6.20 Å². The fraction of sp³-hybridized carbons (Fsp3) is 0.308. The number of fused-ring (bicyclic) bond motifs is 1. The van der Waals surface area contributed by atoms with Crippen molar-refractivity contribution in [2.75, 3.05) is 13.7 Å². The van der Waals surface area contributed by atoms with Gasteiger partial charge < -0.3 is 10.1 Å². The molecule has 1 atom stereocenters. The molecule has 1 aliphatic heterocycles. The summed E-state index contributed by atoms with van der Waals surface area (Å²) < 4.78 is 34.3. The molecule has 0 radical (unpaired) electrons. The van der Waals surface area contributed by atoms with Crippen molar-refractivity contribution < 1.29 is 17.7 Å². The van der Waals surface area contributed by atoms with E-state index < -0.39 is 10.1 Å². The molecule has 0 saturated heterocycles. The first-order valence-corrected chi connectivity index (χ1v) is 7.73. The molecule has 3 N–H and O–H groups in total. The minimum atomic E-state index is -4.00. The van der Waals surface area contributed by atoms with Crippen LogP contribution in [0.4, 0.5) is 0 Å². The molecule has 8 heteroatoms. The van der Waals surface area contributed by atoms with Gasteiger partial charge in [-0.25, -0.2) is 0 Å². The predicted octanol–water partition coefficient (Wildman–Crippen LogP) is 1.13. The van der Waals surface area contributed by atoms with Crippen molar-refractivity contribution in [2.24, 2.45) is 0 Å². The van der Waals surface area contributed by atoms with Crippen LogP contribution in [0.1, 0.15) is 17.3 Å². The van der Waals surface area contributed by atoms with E-state index in [9.17, 15) is 8.42 Å². The summed E-state index contributed by atoms with van der Waals surface area (Å²) in [5.41, 5.74) is 2.43. The van der Waals surface area contributed by atoms with Crippen molar-refractivity contribution in [1.29, 1.82) is 0 Å². The Kier molecular flexibility index (Phi) is 5.07. The Balaban J connectivity index is 0.000000155. The van der Waals surface area contributed by atoms with Gasteiger partial charge in [0.1, 0.15) is 0 Å². The Hall–Kier alpha value is -1.74. The van der Waals surface area contributed by atoms with Crippen molar-refractivity contribution in [3.05, 3.63) is 47.8 Å². The molecule has 21 heavy (non-hydrogen) atoms. The molecule has 3 rings (SSSR count). The SMILES string of the molecule is COCC1NCc2[nH]ncc21.O=S(=O)(O)c1ccccc1. The van der Waals surface area contributed by atoms with E-state index in [1.165, 1.54) is 23.4 Å². The van der Waals surface area contributed by atoms with Crippen LogP contribution in [0.2, 0.25) is 0 Å². The Labute approximate surface area is 123 Å². The maximum absolute atomic E-state index is 10.4. The monoisotopic (exact) mass is 311 g/mol. The average molecular weight is 311 g/mol. The number of ether oxygens (including phenoxy) is 1. The Bertz CT molecular complexity index is 670. The van der Waals surface area contributed by atoms with Gasteiger partial charge in [0, 0.05) is 19.2 Å². The Morgan fingerprint density at radius 2 is 2.10 bits per heavy atom. The molecule has 7 nitrogen and oxygen atoms in total. The van der Waals surface area contributed by atoms with Gasteiger partial charge in [-0.2, -0.15) is 13.5 Å². The zero-order chi connectivity index (χ0) is 15.3. The van der Waals surface area contributed by atoms with Crippen LogP contribution < -0.4 is 5.32 Å². The molecule has 0 spiro atoms. The minimum Gasteiger partial charge on any atom is -0.383 e. The van der Waals surface area contributed by atoms with Crippen molar-refractivity contribution in [3.63, 3.8) is 0 Å². The van der Waals surface area contributed by atoms with Gasteiger partial charge >= 0.3 is 0 Å². The third-order valence-electron chi connectivity index (χ3n) is 3.03. The third kappa shape index (κ3) is 4.11. The first kappa shape index (κ1) is 15.6. The number of hydrogen-bond acceptors (Lipinski definition) is 5. The van der Waals surface area contributed by atoms with Crippen LogP contribution in [0, 0.1) is 0 Å². The predicted molar refractivity (Wildman–Crippen MR) is 76.3 cm³/mol. The summed E-state index contributed by atoms with van der Waals surface area (Å²) >= 11 is 0. The van der Waals surface area contributed by atoms with Crippen LogP contribution in [0.15, 0.2) is 41.4 Å². The standard InChI is InChI=1S/C7H11N3O.C6H6O3S/c1-11-4-7-5-2-9-10-6(5)3-8-7;7-10(8,9)6-4-2-1-3-5-6/h2,7-8H,3-4H2,1H3,(H,9,10);1-5H,(H,7,8,9). The number of nitrogens with zero attached hydrogens (tertiary/aromatic N) is 1. The molecule has 0 aliphatic carbocycles. The molecule has 1 aromatic heterocycles. The quantitative estimate of drug-likeness (QED) is 0.734. The topological polar surface area (TPSA) is 104 Å². The summed E-state index contributed by atoms with van der Waals surface area (Å²) in [6.45, 7) is 1.59. The lowest BCUT2D eigenvalue weighted by Gasteiger charge is -2.07. The van der Waals surface area contributed by atoms with E-state index in [0.29, 0.717) is 12.6 Å². The number of H-pyrrole nitrogens is 1. The van der Waals surface area contributed by atoms with E-state index in [1.54, 1.807) is 25.3 Å². The third-order valence-corrected chi connectivity index (χ3v) is 3.89. The molecular weight excluding hydrogens is 294 g/mol. The highest BCUT2D eigenvalue weighted by Gasteiger charge is 2.22. The van der Waals surface area contributed by atoms with E-state index in [2.05, 4.69) is 15.5 Å². The van der Waals surface area contributed by atoms with E-state index in [-0.39, 0.29) is 4.90 Å². The number of rotatable bonds is 3. The zero-order valence-electron chi connectivity index (χ0n) is 11.5. The van der Waals surface area contributed by atoms with E-state index in [4.69, 9.17) is 9.29 Å². The first-order chi connectivity index (χ1) is 10.0. The molecule has 2 heterocycles.